The van der Waals surface area contributed by atoms with Crippen molar-refractivity contribution in [3.8, 4) is 11.8 Å². The number of nitriles is 1. The van der Waals surface area contributed by atoms with E-state index in [0.717, 1.165) is 0 Å². The molecule has 2 aromatic heterocycles. The summed E-state index contributed by atoms with van der Waals surface area (Å²) in [5.74, 6) is 0.538. The Labute approximate surface area is 138 Å². The lowest BCUT2D eigenvalue weighted by molar-refractivity contribution is 0.102. The van der Waals surface area contributed by atoms with Gasteiger partial charge in [0.1, 0.15) is 11.4 Å². The molecule has 3 aromatic rings. The topological polar surface area (TPSA) is 92.3 Å². The van der Waals surface area contributed by atoms with Crippen LogP contribution in [0.3, 0.4) is 0 Å². The molecule has 3 rings (SSSR count). The molecule has 0 bridgehead atoms. The van der Waals surface area contributed by atoms with Crippen LogP contribution < -0.4 is 10.1 Å². The summed E-state index contributed by atoms with van der Waals surface area (Å²) in [4.78, 5) is 20.7. The number of fused-ring (bicyclic) bond motifs is 1. The molecule has 0 aliphatic heterocycles. The molecule has 0 aliphatic carbocycles. The number of hydrogen-bond acceptors (Lipinski definition) is 5. The van der Waals surface area contributed by atoms with E-state index in [9.17, 15) is 4.79 Å². The first-order chi connectivity index (χ1) is 11.6. The zero-order chi connectivity index (χ0) is 17.1. The molecule has 2 heterocycles. The van der Waals surface area contributed by atoms with Crippen molar-refractivity contribution in [1.29, 1.82) is 5.26 Å². The van der Waals surface area contributed by atoms with E-state index in [0.29, 0.717) is 22.8 Å². The van der Waals surface area contributed by atoms with Crippen LogP contribution in [0.2, 0.25) is 0 Å². The third-order valence-corrected chi connectivity index (χ3v) is 3.19. The number of anilines is 1. The lowest BCUT2D eigenvalue weighted by Crippen LogP contribution is -2.15. The van der Waals surface area contributed by atoms with Gasteiger partial charge in [-0.2, -0.15) is 5.26 Å². The Bertz CT molecular complexity index is 907. The van der Waals surface area contributed by atoms with Crippen molar-refractivity contribution in [3.05, 3.63) is 54.1 Å². The smallest absolute Gasteiger partial charge is 0.276 e. The van der Waals surface area contributed by atoms with E-state index in [1.807, 2.05) is 19.9 Å². The van der Waals surface area contributed by atoms with Crippen LogP contribution in [0.1, 0.15) is 29.9 Å². The van der Waals surface area contributed by atoms with Gasteiger partial charge in [-0.3, -0.25) is 9.20 Å². The largest absolute Gasteiger partial charge is 0.489 e. The SMILES string of the molecule is CC(C)Oc1ccc(C#N)cc1NC(=O)c1cn2cccnc2n1. The first-order valence-electron chi connectivity index (χ1n) is 7.38. The highest BCUT2D eigenvalue weighted by Crippen LogP contribution is 2.27. The molecule has 0 aliphatic rings. The summed E-state index contributed by atoms with van der Waals surface area (Å²) in [5, 5.41) is 11.8. The van der Waals surface area contributed by atoms with Crippen molar-refractivity contribution < 1.29 is 9.53 Å². The maximum absolute atomic E-state index is 12.5. The maximum atomic E-state index is 12.5. The quantitative estimate of drug-likeness (QED) is 0.797. The van der Waals surface area contributed by atoms with Crippen LogP contribution in [0.5, 0.6) is 5.75 Å². The lowest BCUT2D eigenvalue weighted by Gasteiger charge is -2.14. The van der Waals surface area contributed by atoms with Crippen molar-refractivity contribution >= 4 is 17.4 Å². The van der Waals surface area contributed by atoms with E-state index < -0.39 is 5.91 Å². The highest BCUT2D eigenvalue weighted by Gasteiger charge is 2.15. The molecule has 1 amide bonds. The molecule has 1 aromatic carbocycles. The Hall–Kier alpha value is -3.40. The molecule has 7 heteroatoms. The Morgan fingerprint density at radius 2 is 2.25 bits per heavy atom. The van der Waals surface area contributed by atoms with Crippen molar-refractivity contribution in [2.24, 2.45) is 0 Å². The molecule has 7 nitrogen and oxygen atoms in total. The maximum Gasteiger partial charge on any atom is 0.276 e. The average molecular weight is 321 g/mol. The summed E-state index contributed by atoms with van der Waals surface area (Å²) in [6, 6.07) is 8.68. The minimum atomic E-state index is -0.399. The highest BCUT2D eigenvalue weighted by molar-refractivity contribution is 6.04. The van der Waals surface area contributed by atoms with E-state index in [-0.39, 0.29) is 11.8 Å². The molecule has 1 N–H and O–H groups in total. The van der Waals surface area contributed by atoms with Gasteiger partial charge in [0.2, 0.25) is 5.78 Å². The molecule has 0 atom stereocenters. The molecule has 0 radical (unpaired) electrons. The van der Waals surface area contributed by atoms with E-state index in [4.69, 9.17) is 10.00 Å². The predicted molar refractivity (Wildman–Crippen MR) is 87.9 cm³/mol. The van der Waals surface area contributed by atoms with Crippen molar-refractivity contribution in [1.82, 2.24) is 14.4 Å². The summed E-state index contributed by atoms with van der Waals surface area (Å²) < 4.78 is 7.34. The zero-order valence-electron chi connectivity index (χ0n) is 13.2. The monoisotopic (exact) mass is 321 g/mol. The molecular weight excluding hydrogens is 306 g/mol. The number of nitrogens with one attached hydrogen (secondary N) is 1. The second-order valence-electron chi connectivity index (χ2n) is 5.40. The van der Waals surface area contributed by atoms with Gasteiger partial charge in [0.25, 0.3) is 5.91 Å². The van der Waals surface area contributed by atoms with E-state index in [1.165, 1.54) is 0 Å². The second kappa shape index (κ2) is 6.38. The third-order valence-electron chi connectivity index (χ3n) is 3.19. The summed E-state index contributed by atoms with van der Waals surface area (Å²) in [7, 11) is 0. The second-order valence-corrected chi connectivity index (χ2v) is 5.40. The summed E-state index contributed by atoms with van der Waals surface area (Å²) >= 11 is 0. The lowest BCUT2D eigenvalue weighted by atomic mass is 10.2. The highest BCUT2D eigenvalue weighted by atomic mass is 16.5. The molecule has 0 fully saturated rings. The van der Waals surface area contributed by atoms with Gasteiger partial charge >= 0.3 is 0 Å². The minimum absolute atomic E-state index is 0.0621. The van der Waals surface area contributed by atoms with Crippen molar-refractivity contribution in [2.45, 2.75) is 20.0 Å². The molecular formula is C17H15N5O2. The van der Waals surface area contributed by atoms with E-state index in [1.54, 1.807) is 47.3 Å². The van der Waals surface area contributed by atoms with Gasteiger partial charge in [0, 0.05) is 18.6 Å². The number of rotatable bonds is 4. The van der Waals surface area contributed by atoms with Crippen molar-refractivity contribution in [2.75, 3.05) is 5.32 Å². The normalized spacial score (nSPS) is 10.6. The summed E-state index contributed by atoms with van der Waals surface area (Å²) in [6.45, 7) is 3.77. The number of ether oxygens (including phenoxy) is 1. The van der Waals surface area contributed by atoms with Crippen LogP contribution in [0.4, 0.5) is 5.69 Å². The zero-order valence-corrected chi connectivity index (χ0v) is 13.2. The Morgan fingerprint density at radius 1 is 1.42 bits per heavy atom. The first-order valence-corrected chi connectivity index (χ1v) is 7.38. The Balaban J connectivity index is 1.91. The number of amides is 1. The van der Waals surface area contributed by atoms with Gasteiger partial charge in [-0.15, -0.1) is 0 Å². The molecule has 0 spiro atoms. The number of aromatic nitrogens is 3. The Morgan fingerprint density at radius 3 is 2.96 bits per heavy atom. The van der Waals surface area contributed by atoms with Gasteiger partial charge in [-0.05, 0) is 38.1 Å². The molecule has 0 saturated heterocycles. The summed E-state index contributed by atoms with van der Waals surface area (Å²) in [6.07, 6.45) is 4.90. The van der Waals surface area contributed by atoms with Crippen LogP contribution in [0.15, 0.2) is 42.9 Å². The van der Waals surface area contributed by atoms with Crippen LogP contribution in [0.25, 0.3) is 5.78 Å². The number of imidazole rings is 1. The van der Waals surface area contributed by atoms with E-state index in [2.05, 4.69) is 15.3 Å². The molecule has 120 valence electrons. The predicted octanol–water partition coefficient (Wildman–Crippen LogP) is 2.64. The fraction of sp³-hybridized carbons (Fsp3) is 0.176. The standard InChI is InChI=1S/C17H15N5O2/c1-11(2)24-15-5-4-12(9-18)8-13(15)20-16(23)14-10-22-7-3-6-19-17(22)21-14/h3-8,10-11H,1-2H3,(H,20,23). The third kappa shape index (κ3) is 3.17. The number of carbonyl (C=O) groups is 1. The van der Waals surface area contributed by atoms with Gasteiger partial charge in [0.05, 0.1) is 23.4 Å². The summed E-state index contributed by atoms with van der Waals surface area (Å²) in [5.41, 5.74) is 1.09. The van der Waals surface area contributed by atoms with Crippen molar-refractivity contribution in [3.63, 3.8) is 0 Å². The van der Waals surface area contributed by atoms with Gasteiger partial charge in [-0.25, -0.2) is 9.97 Å². The van der Waals surface area contributed by atoms with Gasteiger partial charge in [0.15, 0.2) is 0 Å². The minimum Gasteiger partial charge on any atom is -0.489 e. The number of nitrogens with zero attached hydrogens (tertiary/aromatic N) is 4. The van der Waals surface area contributed by atoms with Gasteiger partial charge in [-0.1, -0.05) is 0 Å². The number of carbonyl (C=O) groups excluding carboxylic acids is 1. The first kappa shape index (κ1) is 15.5. The average Bonchev–Trinajstić information content (AvgIpc) is 3.00. The molecule has 0 saturated carbocycles. The number of benzene rings is 1. The van der Waals surface area contributed by atoms with Gasteiger partial charge < -0.3 is 10.1 Å². The molecule has 0 unspecified atom stereocenters. The number of hydrogen-bond donors (Lipinski definition) is 1. The van der Waals surface area contributed by atoms with Crippen LogP contribution in [-0.4, -0.2) is 26.4 Å². The van der Waals surface area contributed by atoms with Crippen LogP contribution in [0, 0.1) is 11.3 Å². The van der Waals surface area contributed by atoms with Crippen LogP contribution in [-0.2, 0) is 0 Å². The van der Waals surface area contributed by atoms with E-state index >= 15 is 0 Å². The fourth-order valence-corrected chi connectivity index (χ4v) is 2.18. The van der Waals surface area contributed by atoms with Crippen LogP contribution >= 0.6 is 0 Å². The fourth-order valence-electron chi connectivity index (χ4n) is 2.18. The molecule has 24 heavy (non-hydrogen) atoms. The Kier molecular flexibility index (Phi) is 4.12.